The minimum atomic E-state index is -1.55. The van der Waals surface area contributed by atoms with E-state index in [2.05, 4.69) is 0 Å². The molecule has 0 heterocycles. The summed E-state index contributed by atoms with van der Waals surface area (Å²) in [5.74, 6) is -6.19. The molecule has 0 saturated heterocycles. The van der Waals surface area contributed by atoms with Gasteiger partial charge < -0.3 is 64.4 Å². The van der Waals surface area contributed by atoms with Gasteiger partial charge in [0.2, 0.25) is 0 Å². The van der Waals surface area contributed by atoms with Gasteiger partial charge in [0.1, 0.15) is 0 Å². The molecule has 0 amide bonds. The average Bonchev–Trinajstić information content (AvgIpc) is 2.12. The van der Waals surface area contributed by atoms with Crippen LogP contribution in [0.5, 0.6) is 0 Å². The fourth-order valence-electron chi connectivity index (χ4n) is 0.272. The van der Waals surface area contributed by atoms with E-state index in [1.807, 2.05) is 0 Å². The van der Waals surface area contributed by atoms with Gasteiger partial charge in [0.15, 0.2) is 0 Å². The van der Waals surface area contributed by atoms with Gasteiger partial charge in [-0.25, -0.2) is 0 Å². The molecule has 0 aromatic carbocycles. The van der Waals surface area contributed by atoms with Gasteiger partial charge in [-0.15, -0.1) is 0 Å². The second-order valence-electron chi connectivity index (χ2n) is 1.94. The summed E-state index contributed by atoms with van der Waals surface area (Å²) in [6.45, 7) is 0. The van der Waals surface area contributed by atoms with Crippen LogP contribution in [0.4, 0.5) is 0 Å². The van der Waals surface area contributed by atoms with Crippen molar-refractivity contribution in [2.75, 3.05) is 0 Å². The maximum Gasteiger partial charge on any atom is 2.00 e. The third kappa shape index (κ3) is 61.5. The van der Waals surface area contributed by atoms with Crippen molar-refractivity contribution in [3.63, 3.8) is 0 Å². The third-order valence-electron chi connectivity index (χ3n) is 0.711. The molecule has 13 heteroatoms. The molecule has 8 nitrogen and oxygen atoms in total. The molecule has 21 heavy (non-hydrogen) atoms. The van der Waals surface area contributed by atoms with E-state index in [1.165, 1.54) is 0 Å². The number of hydrogen-bond acceptors (Lipinski definition) is 8. The van der Waals surface area contributed by atoms with E-state index in [0.29, 0.717) is 24.3 Å². The Morgan fingerprint density at radius 1 is 0.476 bits per heavy atom. The van der Waals surface area contributed by atoms with Gasteiger partial charge in [-0.1, -0.05) is 0 Å². The van der Waals surface area contributed by atoms with Crippen molar-refractivity contribution in [1.82, 2.24) is 0 Å². The summed E-state index contributed by atoms with van der Waals surface area (Å²) >= 11 is 0. The van der Waals surface area contributed by atoms with Crippen LogP contribution in [0.3, 0.4) is 0 Å². The van der Waals surface area contributed by atoms with E-state index >= 15 is 0 Å². The summed E-state index contributed by atoms with van der Waals surface area (Å²) in [4.78, 5) is 37.7. The summed E-state index contributed by atoms with van der Waals surface area (Å²) < 4.78 is 0. The minimum Gasteiger partial charge on any atom is -1.00 e. The van der Waals surface area contributed by atoms with Crippen molar-refractivity contribution in [3.8, 4) is 0 Å². The quantitative estimate of drug-likeness (QED) is 0.321. The zero-order valence-electron chi connectivity index (χ0n) is 10.5. The van der Waals surface area contributed by atoms with Crippen LogP contribution in [0, 0.1) is 0 Å². The third-order valence-corrected chi connectivity index (χ3v) is 0.711. The molecule has 0 N–H and O–H groups in total. The van der Waals surface area contributed by atoms with Crippen LogP contribution in [0.2, 0.25) is 0 Å². The topological polar surface area (TPSA) is 161 Å². The first-order valence-corrected chi connectivity index (χ1v) is 3.45. The van der Waals surface area contributed by atoms with E-state index < -0.39 is 23.9 Å². The Morgan fingerprint density at radius 2 is 0.571 bits per heavy atom. The number of rotatable bonds is 4. The number of carboxylic acid groups (broad SMARTS) is 4. The van der Waals surface area contributed by atoms with Gasteiger partial charge in [0.25, 0.3) is 0 Å². The Kier molecular flexibility index (Phi) is 61.3. The molecule has 0 radical (unpaired) electrons. The number of aliphatic carboxylic acids is 4. The van der Waals surface area contributed by atoms with Crippen molar-refractivity contribution in [2.24, 2.45) is 0 Å². The Bertz CT molecular complexity index is 293. The molecule has 0 aliphatic carbocycles. The van der Waals surface area contributed by atoms with Crippen molar-refractivity contribution >= 4 is 137 Å². The van der Waals surface area contributed by atoms with Crippen LogP contribution in [0.1, 0.15) is 0 Å². The second kappa shape index (κ2) is 29.7. The second-order valence-corrected chi connectivity index (χ2v) is 1.94. The van der Waals surface area contributed by atoms with Crippen LogP contribution in [0.15, 0.2) is 24.3 Å². The van der Waals surface area contributed by atoms with Gasteiger partial charge >= 0.3 is 113 Å². The van der Waals surface area contributed by atoms with Gasteiger partial charge in [-0.2, -0.15) is 0 Å². The van der Waals surface area contributed by atoms with Gasteiger partial charge in [-0.3, -0.25) is 0 Å². The Labute approximate surface area is 221 Å². The zero-order valence-corrected chi connectivity index (χ0v) is 18.6. The molecule has 0 aromatic heterocycles. The molecule has 0 aliphatic rings. The van der Waals surface area contributed by atoms with Gasteiger partial charge in [-0.05, 0) is 24.3 Å². The first-order valence-electron chi connectivity index (χ1n) is 3.45. The van der Waals surface area contributed by atoms with Crippen LogP contribution >= 0.6 is 0 Å². The summed E-state index contributed by atoms with van der Waals surface area (Å²) in [5.41, 5.74) is 0. The van der Waals surface area contributed by atoms with Crippen molar-refractivity contribution in [3.05, 3.63) is 24.3 Å². The summed E-state index contributed by atoms with van der Waals surface area (Å²) in [7, 11) is 0. The monoisotopic (exact) mass is 418 g/mol. The van der Waals surface area contributed by atoms with Crippen LogP contribution in [0.25, 0.3) is 0 Å². The molecule has 0 saturated carbocycles. The molecule has 104 valence electrons. The molecule has 0 atom stereocenters. The fourth-order valence-corrected chi connectivity index (χ4v) is 0.272. The molecular weight excluding hydrogens is 415 g/mol. The Balaban J connectivity index is -0.0000000302. The largest absolute Gasteiger partial charge is 2.00 e. The van der Waals surface area contributed by atoms with Gasteiger partial charge in [0.05, 0.1) is 23.9 Å². The van der Waals surface area contributed by atoms with Crippen molar-refractivity contribution < 1.29 is 64.4 Å². The smallest absolute Gasteiger partial charge is 1.00 e. The maximum atomic E-state index is 9.41. The Morgan fingerprint density at radius 3 is 0.619 bits per heavy atom. The zero-order chi connectivity index (χ0) is 13.1. The Hall–Kier alpha value is 1.72. The molecule has 0 bridgehead atoms. The number of carbonyl (C=O) groups excluding carboxylic acids is 4. The SMILES string of the molecule is O=C([O-])/C=C\C(=O)[O-].O=C([O-])/C=C\C(=O)[O-].[Ca+2].[Ca+2].[Ca+2].[Cl-].[Cl-]. The first kappa shape index (κ1) is 43.4. The van der Waals surface area contributed by atoms with Crippen LogP contribution < -0.4 is 45.2 Å². The minimum absolute atomic E-state index is 0. The molecule has 0 aromatic rings. The molecule has 0 spiro atoms. The summed E-state index contributed by atoms with van der Waals surface area (Å²) in [5, 5.41) is 37.7. The van der Waals surface area contributed by atoms with Crippen molar-refractivity contribution in [2.45, 2.75) is 0 Å². The van der Waals surface area contributed by atoms with E-state index in [1.54, 1.807) is 0 Å². The van der Waals surface area contributed by atoms with Gasteiger partial charge in [0, 0.05) is 0 Å². The average molecular weight is 419 g/mol. The predicted molar refractivity (Wildman–Crippen MR) is 55.6 cm³/mol. The number of halogens is 2. The van der Waals surface area contributed by atoms with E-state index in [-0.39, 0.29) is 138 Å². The van der Waals surface area contributed by atoms with Crippen molar-refractivity contribution in [1.29, 1.82) is 0 Å². The van der Waals surface area contributed by atoms with Crippen LogP contribution in [-0.2, 0) is 19.2 Å². The van der Waals surface area contributed by atoms with E-state index in [4.69, 9.17) is 0 Å². The summed E-state index contributed by atoms with van der Waals surface area (Å²) in [6, 6.07) is 0. The van der Waals surface area contributed by atoms with E-state index in [0.717, 1.165) is 0 Å². The molecular formula is C8H4Ca3Cl2O8. The molecule has 0 rings (SSSR count). The van der Waals surface area contributed by atoms with E-state index in [9.17, 15) is 39.6 Å². The normalized spacial score (nSPS) is 7.24. The van der Waals surface area contributed by atoms with Crippen LogP contribution in [-0.4, -0.2) is 137 Å². The number of carboxylic acids is 4. The molecule has 0 unspecified atom stereocenters. The number of carbonyl (C=O) groups is 4. The molecule has 0 fully saturated rings. The number of hydrogen-bond donors (Lipinski definition) is 0. The first-order chi connectivity index (χ1) is 7.25. The summed E-state index contributed by atoms with van der Waals surface area (Å²) in [6.07, 6.45) is 1.54. The standard InChI is InChI=1S/2C4H4O4.3Ca.2ClH/c2*5-3(6)1-2-4(7)8;;;;;/h2*1-2H,(H,5,6)(H,7,8);;;;2*1H/q;;3*+2;;/p-6/b2*2-1-;;;;;. The molecule has 0 aliphatic heterocycles. The maximum absolute atomic E-state index is 9.41. The predicted octanol–water partition coefficient (Wildman–Crippen LogP) is -13.0. The fraction of sp³-hybridized carbons (Fsp3) is 0.